The number of hydrogen-bond acceptors (Lipinski definition) is 9. The molecule has 1 aliphatic rings. The van der Waals surface area contributed by atoms with Crippen LogP contribution >= 0.6 is 50.6 Å². The number of aryl methyl sites for hydroxylation is 1. The van der Waals surface area contributed by atoms with Crippen LogP contribution in [0, 0.1) is 6.92 Å². The number of hydrogen-bond donors (Lipinski definition) is 0. The third kappa shape index (κ3) is 5.81. The molecule has 8 nitrogen and oxygen atoms in total. The third-order valence-corrected chi connectivity index (χ3v) is 8.63. The SMILES string of the molecule is CC1=C(C(=O)OC(C)C)[C@@H](c2ccc(Cl)cc2)n2c(s/c(=C/c3cc(Br)c(Sc4nccc(C)n4)o3)c2=O)=N1. The fourth-order valence-corrected chi connectivity index (χ4v) is 6.48. The summed E-state index contributed by atoms with van der Waals surface area (Å²) < 4.78 is 14.2. The van der Waals surface area contributed by atoms with Crippen LogP contribution in [0.1, 0.15) is 43.8 Å². The Labute approximate surface area is 245 Å². The number of thiazole rings is 1. The van der Waals surface area contributed by atoms with Crippen molar-refractivity contribution >= 4 is 62.7 Å². The summed E-state index contributed by atoms with van der Waals surface area (Å²) in [5, 5.41) is 1.66. The summed E-state index contributed by atoms with van der Waals surface area (Å²) >= 11 is 12.1. The Morgan fingerprint density at radius 2 is 2.00 bits per heavy atom. The summed E-state index contributed by atoms with van der Waals surface area (Å²) in [6.45, 7) is 7.19. The smallest absolute Gasteiger partial charge is 0.338 e. The molecule has 0 amide bonds. The minimum Gasteiger partial charge on any atom is -0.459 e. The molecule has 5 rings (SSSR count). The van der Waals surface area contributed by atoms with Gasteiger partial charge in [-0.25, -0.2) is 19.8 Å². The van der Waals surface area contributed by atoms with E-state index in [1.165, 1.54) is 27.7 Å². The topological polar surface area (TPSA) is 99.6 Å². The molecule has 0 fully saturated rings. The second-order valence-electron chi connectivity index (χ2n) is 8.95. The van der Waals surface area contributed by atoms with Gasteiger partial charge in [0.2, 0.25) is 0 Å². The van der Waals surface area contributed by atoms with Crippen molar-refractivity contribution in [1.29, 1.82) is 0 Å². The number of rotatable bonds is 6. The molecule has 0 radical (unpaired) electrons. The number of esters is 1. The molecule has 4 heterocycles. The van der Waals surface area contributed by atoms with E-state index in [1.807, 2.05) is 13.0 Å². The fourth-order valence-electron chi connectivity index (χ4n) is 4.02. The van der Waals surface area contributed by atoms with E-state index in [-0.39, 0.29) is 11.7 Å². The lowest BCUT2D eigenvalue weighted by molar-refractivity contribution is -0.143. The van der Waals surface area contributed by atoms with Crippen molar-refractivity contribution in [2.24, 2.45) is 4.99 Å². The number of furan rings is 1. The van der Waals surface area contributed by atoms with Gasteiger partial charge in [-0.1, -0.05) is 35.1 Å². The van der Waals surface area contributed by atoms with E-state index in [0.29, 0.717) is 46.1 Å². The van der Waals surface area contributed by atoms with E-state index in [0.717, 1.165) is 11.3 Å². The van der Waals surface area contributed by atoms with Crippen LogP contribution in [0.25, 0.3) is 6.08 Å². The van der Waals surface area contributed by atoms with Crippen molar-refractivity contribution in [3.63, 3.8) is 0 Å². The largest absolute Gasteiger partial charge is 0.459 e. The number of halogens is 2. The average molecular weight is 646 g/mol. The maximum absolute atomic E-state index is 13.8. The first-order valence-electron chi connectivity index (χ1n) is 11.9. The van der Waals surface area contributed by atoms with Gasteiger partial charge in [-0.2, -0.15) is 0 Å². The molecule has 1 aliphatic heterocycles. The number of aromatic nitrogens is 3. The maximum Gasteiger partial charge on any atom is 0.338 e. The summed E-state index contributed by atoms with van der Waals surface area (Å²) in [5.74, 6) is -0.0454. The molecule has 200 valence electrons. The quantitative estimate of drug-likeness (QED) is 0.203. The van der Waals surface area contributed by atoms with Gasteiger partial charge < -0.3 is 9.15 Å². The van der Waals surface area contributed by atoms with Gasteiger partial charge in [-0.3, -0.25) is 9.36 Å². The minimum absolute atomic E-state index is 0.301. The van der Waals surface area contributed by atoms with Gasteiger partial charge in [0.05, 0.1) is 32.4 Å². The Morgan fingerprint density at radius 1 is 1.26 bits per heavy atom. The van der Waals surface area contributed by atoms with Crippen molar-refractivity contribution in [2.75, 3.05) is 0 Å². The monoisotopic (exact) mass is 644 g/mol. The van der Waals surface area contributed by atoms with Gasteiger partial charge in [0.1, 0.15) is 5.76 Å². The zero-order valence-electron chi connectivity index (χ0n) is 21.3. The predicted molar refractivity (Wildman–Crippen MR) is 154 cm³/mol. The first kappa shape index (κ1) is 27.6. The fraction of sp³-hybridized carbons (Fsp3) is 0.222. The summed E-state index contributed by atoms with van der Waals surface area (Å²) in [7, 11) is 0. The molecule has 0 N–H and O–H groups in total. The molecule has 0 unspecified atom stereocenters. The molecule has 0 aliphatic carbocycles. The van der Waals surface area contributed by atoms with Gasteiger partial charge in [0, 0.05) is 23.0 Å². The molecule has 1 atom stereocenters. The number of benzene rings is 1. The number of fused-ring (bicyclic) bond motifs is 1. The Hall–Kier alpha value is -2.99. The summed E-state index contributed by atoms with van der Waals surface area (Å²) in [4.78, 5) is 40.7. The summed E-state index contributed by atoms with van der Waals surface area (Å²) in [5.41, 5.74) is 2.06. The van der Waals surface area contributed by atoms with Crippen LogP contribution in [-0.4, -0.2) is 26.6 Å². The lowest BCUT2D eigenvalue weighted by Crippen LogP contribution is -2.40. The van der Waals surface area contributed by atoms with Crippen LogP contribution in [0.5, 0.6) is 0 Å². The average Bonchev–Trinajstić information content (AvgIpc) is 3.36. The summed E-state index contributed by atoms with van der Waals surface area (Å²) in [6, 6.07) is 9.93. The number of ether oxygens (including phenoxy) is 1. The molecule has 0 saturated carbocycles. The minimum atomic E-state index is -0.722. The van der Waals surface area contributed by atoms with Crippen molar-refractivity contribution in [3.05, 3.63) is 100 Å². The van der Waals surface area contributed by atoms with E-state index in [9.17, 15) is 9.59 Å². The number of nitrogens with zero attached hydrogens (tertiary/aromatic N) is 4. The van der Waals surface area contributed by atoms with Crippen molar-refractivity contribution in [2.45, 2.75) is 50.1 Å². The van der Waals surface area contributed by atoms with Gasteiger partial charge in [0.15, 0.2) is 15.1 Å². The molecule has 1 aromatic carbocycles. The maximum atomic E-state index is 13.8. The number of carbonyl (C=O) groups is 1. The summed E-state index contributed by atoms with van der Waals surface area (Å²) in [6.07, 6.45) is 3.02. The van der Waals surface area contributed by atoms with E-state index in [2.05, 4.69) is 30.9 Å². The molecule has 0 saturated heterocycles. The van der Waals surface area contributed by atoms with E-state index in [4.69, 9.17) is 20.8 Å². The Balaban J connectivity index is 1.60. The van der Waals surface area contributed by atoms with Gasteiger partial charge in [0.25, 0.3) is 5.56 Å². The first-order valence-corrected chi connectivity index (χ1v) is 14.7. The molecule has 39 heavy (non-hydrogen) atoms. The molecular weight excluding hydrogens is 624 g/mol. The second-order valence-corrected chi connectivity index (χ2v) is 12.2. The van der Waals surface area contributed by atoms with E-state index in [1.54, 1.807) is 63.4 Å². The highest BCUT2D eigenvalue weighted by atomic mass is 79.9. The van der Waals surface area contributed by atoms with Crippen LogP contribution in [0.2, 0.25) is 5.02 Å². The highest BCUT2D eigenvalue weighted by molar-refractivity contribution is 9.10. The third-order valence-electron chi connectivity index (χ3n) is 5.67. The molecule has 12 heteroatoms. The highest BCUT2D eigenvalue weighted by Crippen LogP contribution is 2.35. The van der Waals surface area contributed by atoms with E-state index >= 15 is 0 Å². The van der Waals surface area contributed by atoms with Gasteiger partial charge in [-0.05, 0) is 85.2 Å². The normalized spacial score (nSPS) is 15.5. The highest BCUT2D eigenvalue weighted by Gasteiger charge is 2.33. The lowest BCUT2D eigenvalue weighted by Gasteiger charge is -2.25. The molecule has 3 aromatic heterocycles. The molecule has 0 spiro atoms. The van der Waals surface area contributed by atoms with Gasteiger partial charge >= 0.3 is 5.97 Å². The van der Waals surface area contributed by atoms with Crippen molar-refractivity contribution in [1.82, 2.24) is 14.5 Å². The zero-order chi connectivity index (χ0) is 27.8. The van der Waals surface area contributed by atoms with Crippen molar-refractivity contribution in [3.8, 4) is 0 Å². The number of allylic oxidation sites excluding steroid dienone is 1. The Morgan fingerprint density at radius 3 is 2.69 bits per heavy atom. The van der Waals surface area contributed by atoms with Crippen LogP contribution in [-0.2, 0) is 9.53 Å². The van der Waals surface area contributed by atoms with Crippen molar-refractivity contribution < 1.29 is 13.9 Å². The van der Waals surface area contributed by atoms with Gasteiger partial charge in [-0.15, -0.1) is 0 Å². The second kappa shape index (κ2) is 11.2. The number of carbonyl (C=O) groups excluding carboxylic acids is 1. The van der Waals surface area contributed by atoms with Crippen LogP contribution in [0.4, 0.5) is 0 Å². The first-order chi connectivity index (χ1) is 18.6. The zero-order valence-corrected chi connectivity index (χ0v) is 25.2. The Kier molecular flexibility index (Phi) is 7.95. The Bertz CT molecular complexity index is 1790. The molecular formula is C27H22BrClN4O4S2. The van der Waals surface area contributed by atoms with E-state index < -0.39 is 12.0 Å². The van der Waals surface area contributed by atoms with Crippen LogP contribution in [0.3, 0.4) is 0 Å². The lowest BCUT2D eigenvalue weighted by atomic mass is 9.96. The van der Waals surface area contributed by atoms with Crippen LogP contribution in [0.15, 0.2) is 82.8 Å². The van der Waals surface area contributed by atoms with Crippen LogP contribution < -0.4 is 14.9 Å². The molecule has 4 aromatic rings. The molecule has 0 bridgehead atoms. The predicted octanol–water partition coefficient (Wildman–Crippen LogP) is 5.45. The standard InChI is InChI=1S/C27H22BrClN4O4S2/c1-13(2)36-24(35)21-15(4)32-27-33(22(21)16-5-7-17(29)8-6-16)23(34)20(38-27)12-18-11-19(28)25(37-18)39-26-30-10-9-14(3)31-26/h5-13,22H,1-4H3/b20-12+/t22-/m1/s1.